The van der Waals surface area contributed by atoms with E-state index < -0.39 is 11.8 Å². The largest absolute Gasteiger partial charge is 0.384 e. The molecular weight excluding hydrogens is 176 g/mol. The molecule has 1 fully saturated rings. The molecule has 0 aromatic carbocycles. The van der Waals surface area contributed by atoms with E-state index in [1.807, 2.05) is 0 Å². The number of aryl methyl sites for hydroxylation is 1. The molecule has 1 heterocycles. The molecule has 0 unspecified atom stereocenters. The maximum absolute atomic E-state index is 12.6. The fourth-order valence-electron chi connectivity index (χ4n) is 1.45. The van der Waals surface area contributed by atoms with Gasteiger partial charge in [-0.2, -0.15) is 5.10 Å². The highest BCUT2D eigenvalue weighted by Gasteiger charge is 2.54. The number of hydrogen-bond donors (Lipinski definition) is 1. The van der Waals surface area contributed by atoms with Crippen molar-refractivity contribution in [1.29, 1.82) is 0 Å². The Kier molecular flexibility index (Phi) is 1.58. The van der Waals surface area contributed by atoms with Crippen molar-refractivity contribution in [3.8, 4) is 0 Å². The van der Waals surface area contributed by atoms with Gasteiger partial charge in [-0.25, -0.2) is 8.78 Å². The van der Waals surface area contributed by atoms with Crippen molar-refractivity contribution in [3.63, 3.8) is 0 Å². The zero-order chi connectivity index (χ0) is 9.64. The Labute approximate surface area is 74.5 Å². The lowest BCUT2D eigenvalue weighted by Crippen LogP contribution is -2.18. The lowest BCUT2D eigenvalue weighted by molar-refractivity contribution is 0.0995. The molecule has 0 bridgehead atoms. The summed E-state index contributed by atoms with van der Waals surface area (Å²) in [7, 11) is 1.65. The first-order chi connectivity index (χ1) is 6.06. The molecular formula is C8H11F2N3. The average molecular weight is 187 g/mol. The van der Waals surface area contributed by atoms with Gasteiger partial charge in [-0.3, -0.25) is 4.68 Å². The van der Waals surface area contributed by atoms with Gasteiger partial charge in [0.2, 0.25) is 6.43 Å². The molecule has 5 heteroatoms. The van der Waals surface area contributed by atoms with Crippen LogP contribution in [0.15, 0.2) is 6.07 Å². The van der Waals surface area contributed by atoms with Crippen LogP contribution in [0, 0.1) is 0 Å². The first-order valence-corrected chi connectivity index (χ1v) is 4.14. The summed E-state index contributed by atoms with van der Waals surface area (Å²) in [4.78, 5) is 0. The lowest BCUT2D eigenvalue weighted by Gasteiger charge is -2.09. The van der Waals surface area contributed by atoms with Crippen molar-refractivity contribution in [3.05, 3.63) is 11.8 Å². The molecule has 0 radical (unpaired) electrons. The SMILES string of the molecule is Cn1nc(C2(C(F)F)CC2)cc1N. The summed E-state index contributed by atoms with van der Waals surface area (Å²) < 4.78 is 26.7. The number of nitrogen functional groups attached to an aromatic ring is 1. The van der Waals surface area contributed by atoms with E-state index in [9.17, 15) is 8.78 Å². The molecule has 1 saturated carbocycles. The van der Waals surface area contributed by atoms with E-state index in [4.69, 9.17) is 5.73 Å². The lowest BCUT2D eigenvalue weighted by atomic mass is 10.0. The number of anilines is 1. The number of nitrogens with zero attached hydrogens (tertiary/aromatic N) is 2. The van der Waals surface area contributed by atoms with Crippen LogP contribution in [0.25, 0.3) is 0 Å². The zero-order valence-electron chi connectivity index (χ0n) is 7.30. The van der Waals surface area contributed by atoms with E-state index >= 15 is 0 Å². The van der Waals surface area contributed by atoms with Gasteiger partial charge in [-0.1, -0.05) is 0 Å². The first-order valence-electron chi connectivity index (χ1n) is 4.14. The van der Waals surface area contributed by atoms with Crippen molar-refractivity contribution in [1.82, 2.24) is 9.78 Å². The van der Waals surface area contributed by atoms with Gasteiger partial charge >= 0.3 is 0 Å². The molecule has 2 N–H and O–H groups in total. The molecule has 72 valence electrons. The van der Waals surface area contributed by atoms with Gasteiger partial charge in [0.25, 0.3) is 0 Å². The number of aromatic nitrogens is 2. The van der Waals surface area contributed by atoms with Crippen LogP contribution in [0.1, 0.15) is 18.5 Å². The molecule has 1 aromatic rings. The van der Waals surface area contributed by atoms with Crippen molar-refractivity contribution < 1.29 is 8.78 Å². The van der Waals surface area contributed by atoms with Gasteiger partial charge in [0.1, 0.15) is 5.82 Å². The summed E-state index contributed by atoms with van der Waals surface area (Å²) in [5.74, 6) is 0.432. The van der Waals surface area contributed by atoms with Crippen molar-refractivity contribution >= 4 is 5.82 Å². The fourth-order valence-corrected chi connectivity index (χ4v) is 1.45. The van der Waals surface area contributed by atoms with E-state index in [2.05, 4.69) is 5.10 Å². The van der Waals surface area contributed by atoms with Crippen molar-refractivity contribution in [2.45, 2.75) is 24.7 Å². The summed E-state index contributed by atoms with van der Waals surface area (Å²) in [6.45, 7) is 0. The predicted octanol–water partition coefficient (Wildman–Crippen LogP) is 1.30. The van der Waals surface area contributed by atoms with Crippen LogP contribution >= 0.6 is 0 Å². The maximum atomic E-state index is 12.6. The van der Waals surface area contributed by atoms with Crippen LogP contribution in [0.4, 0.5) is 14.6 Å². The minimum atomic E-state index is -2.33. The van der Waals surface area contributed by atoms with Crippen LogP contribution in [0.3, 0.4) is 0 Å². The molecule has 13 heavy (non-hydrogen) atoms. The second kappa shape index (κ2) is 2.43. The standard InChI is InChI=1S/C8H11F2N3/c1-13-6(11)4-5(12-13)8(2-3-8)7(9)10/h4,7H,2-3,11H2,1H3. The Hall–Kier alpha value is -1.13. The van der Waals surface area contributed by atoms with Crippen LogP contribution in [0.5, 0.6) is 0 Å². The number of rotatable bonds is 2. The van der Waals surface area contributed by atoms with E-state index in [1.54, 1.807) is 13.1 Å². The molecule has 0 aliphatic heterocycles. The van der Waals surface area contributed by atoms with Crippen LogP contribution in [-0.2, 0) is 12.5 Å². The average Bonchev–Trinajstić information content (AvgIpc) is 2.77. The first kappa shape index (κ1) is 8.47. The fraction of sp³-hybridized carbons (Fsp3) is 0.625. The highest BCUT2D eigenvalue weighted by molar-refractivity contribution is 5.37. The molecule has 1 aliphatic rings. The molecule has 2 rings (SSSR count). The number of nitrogens with two attached hydrogens (primary N) is 1. The van der Waals surface area contributed by atoms with E-state index in [-0.39, 0.29) is 0 Å². The van der Waals surface area contributed by atoms with Gasteiger partial charge in [-0.15, -0.1) is 0 Å². The zero-order valence-corrected chi connectivity index (χ0v) is 7.30. The monoisotopic (exact) mass is 187 g/mol. The Bertz CT molecular complexity index is 309. The van der Waals surface area contributed by atoms with Gasteiger partial charge in [0.15, 0.2) is 0 Å². The molecule has 0 spiro atoms. The Morgan fingerprint density at radius 1 is 1.62 bits per heavy atom. The summed E-state index contributed by atoms with van der Waals surface area (Å²) >= 11 is 0. The number of hydrogen-bond acceptors (Lipinski definition) is 2. The third-order valence-electron chi connectivity index (χ3n) is 2.63. The van der Waals surface area contributed by atoms with Crippen molar-refractivity contribution in [2.75, 3.05) is 5.73 Å². The summed E-state index contributed by atoms with van der Waals surface area (Å²) in [6, 6.07) is 1.54. The third-order valence-corrected chi connectivity index (χ3v) is 2.63. The summed E-state index contributed by atoms with van der Waals surface area (Å²) in [6.07, 6.45) is -1.30. The Morgan fingerprint density at radius 2 is 2.23 bits per heavy atom. The van der Waals surface area contributed by atoms with E-state index in [0.717, 1.165) is 0 Å². The molecule has 3 nitrogen and oxygen atoms in total. The number of halogens is 2. The molecule has 1 aromatic heterocycles. The van der Waals surface area contributed by atoms with Gasteiger partial charge in [-0.05, 0) is 12.8 Å². The van der Waals surface area contributed by atoms with Crippen LogP contribution in [-0.4, -0.2) is 16.2 Å². The smallest absolute Gasteiger partial charge is 0.249 e. The molecule has 0 atom stereocenters. The summed E-state index contributed by atoms with van der Waals surface area (Å²) in [5, 5.41) is 3.98. The minimum Gasteiger partial charge on any atom is -0.384 e. The molecule has 1 aliphatic carbocycles. The van der Waals surface area contributed by atoms with Gasteiger partial charge in [0, 0.05) is 13.1 Å². The minimum absolute atomic E-state index is 0.432. The highest BCUT2D eigenvalue weighted by atomic mass is 19.3. The van der Waals surface area contributed by atoms with Crippen LogP contribution in [0.2, 0.25) is 0 Å². The Morgan fingerprint density at radius 3 is 2.54 bits per heavy atom. The molecule has 0 saturated heterocycles. The Balaban J connectivity index is 2.36. The van der Waals surface area contributed by atoms with Gasteiger partial charge < -0.3 is 5.73 Å². The third kappa shape index (κ3) is 1.10. The van der Waals surface area contributed by atoms with E-state index in [1.165, 1.54) is 4.68 Å². The topological polar surface area (TPSA) is 43.8 Å². The second-order valence-corrected chi connectivity index (χ2v) is 3.53. The second-order valence-electron chi connectivity index (χ2n) is 3.53. The normalized spacial score (nSPS) is 19.4. The van der Waals surface area contributed by atoms with E-state index in [0.29, 0.717) is 24.4 Å². The highest BCUT2D eigenvalue weighted by Crippen LogP contribution is 2.52. The summed E-state index contributed by atoms with van der Waals surface area (Å²) in [5.41, 5.74) is 4.96. The van der Waals surface area contributed by atoms with Gasteiger partial charge in [0.05, 0.1) is 11.1 Å². The maximum Gasteiger partial charge on any atom is 0.249 e. The quantitative estimate of drug-likeness (QED) is 0.758. The van der Waals surface area contributed by atoms with Crippen molar-refractivity contribution in [2.24, 2.45) is 7.05 Å². The van der Waals surface area contributed by atoms with Crippen LogP contribution < -0.4 is 5.73 Å². The number of alkyl halides is 2. The predicted molar refractivity (Wildman–Crippen MR) is 44.5 cm³/mol. The molecule has 0 amide bonds.